The molecule has 0 saturated carbocycles. The number of aryl methyl sites for hydroxylation is 1. The van der Waals surface area contributed by atoms with Crippen molar-refractivity contribution >= 4 is 0 Å². The number of benzene rings is 1. The lowest BCUT2D eigenvalue weighted by atomic mass is 10.0. The van der Waals surface area contributed by atoms with Crippen molar-refractivity contribution in [2.75, 3.05) is 13.1 Å². The molecule has 1 fully saturated rings. The fourth-order valence-electron chi connectivity index (χ4n) is 3.04. The lowest BCUT2D eigenvalue weighted by molar-refractivity contribution is 0.140. The maximum absolute atomic E-state index is 10.3. The highest BCUT2D eigenvalue weighted by Gasteiger charge is 2.31. The van der Waals surface area contributed by atoms with Gasteiger partial charge in [0.2, 0.25) is 0 Å². The van der Waals surface area contributed by atoms with Crippen molar-refractivity contribution in [1.29, 1.82) is 0 Å². The average Bonchev–Trinajstić information content (AvgIpc) is 2.80. The van der Waals surface area contributed by atoms with E-state index in [-0.39, 0.29) is 12.0 Å². The number of nitrogens with zero attached hydrogens (tertiary/aromatic N) is 3. The van der Waals surface area contributed by atoms with Gasteiger partial charge in [-0.25, -0.2) is 0 Å². The first-order valence-electron chi connectivity index (χ1n) is 7.41. The van der Waals surface area contributed by atoms with Gasteiger partial charge in [-0.15, -0.1) is 0 Å². The summed E-state index contributed by atoms with van der Waals surface area (Å²) in [6.45, 7) is 4.65. The maximum atomic E-state index is 10.3. The standard InChI is InChI=1S/C17H21N3O/c1-13-3-2-4-14(7-13)10-20-11-15(17(21)12-20)8-16-9-18-5-6-19-16/h2-7,9,15,17,21H,8,10-12H2,1H3/t15-,17-/m1/s1. The second kappa shape index (κ2) is 6.33. The highest BCUT2D eigenvalue weighted by molar-refractivity contribution is 5.22. The highest BCUT2D eigenvalue weighted by atomic mass is 16.3. The highest BCUT2D eigenvalue weighted by Crippen LogP contribution is 2.22. The Balaban J connectivity index is 1.61. The fourth-order valence-corrected chi connectivity index (χ4v) is 3.04. The smallest absolute Gasteiger partial charge is 0.0711 e. The number of hydrogen-bond donors (Lipinski definition) is 1. The summed E-state index contributed by atoms with van der Waals surface area (Å²) in [5.74, 6) is 0.242. The van der Waals surface area contributed by atoms with E-state index in [1.807, 2.05) is 0 Å². The summed E-state index contributed by atoms with van der Waals surface area (Å²) in [7, 11) is 0. The van der Waals surface area contributed by atoms with Gasteiger partial charge in [-0.3, -0.25) is 14.9 Å². The third kappa shape index (κ3) is 3.65. The molecule has 1 aromatic heterocycles. The van der Waals surface area contributed by atoms with Gasteiger partial charge in [0.1, 0.15) is 0 Å². The lowest BCUT2D eigenvalue weighted by Crippen LogP contribution is -2.21. The lowest BCUT2D eigenvalue weighted by Gasteiger charge is -2.15. The molecule has 1 N–H and O–H groups in total. The molecular weight excluding hydrogens is 262 g/mol. The van der Waals surface area contributed by atoms with Crippen molar-refractivity contribution in [3.63, 3.8) is 0 Å². The molecule has 2 aromatic rings. The summed E-state index contributed by atoms with van der Waals surface area (Å²) in [5, 5.41) is 10.3. The minimum absolute atomic E-state index is 0.242. The van der Waals surface area contributed by atoms with Crippen LogP contribution in [0.25, 0.3) is 0 Å². The van der Waals surface area contributed by atoms with E-state index in [2.05, 4.69) is 46.1 Å². The number of hydrogen-bond acceptors (Lipinski definition) is 4. The molecule has 0 bridgehead atoms. The monoisotopic (exact) mass is 283 g/mol. The summed E-state index contributed by atoms with van der Waals surface area (Å²) < 4.78 is 0. The largest absolute Gasteiger partial charge is 0.391 e. The summed E-state index contributed by atoms with van der Waals surface area (Å²) >= 11 is 0. The van der Waals surface area contributed by atoms with Crippen molar-refractivity contribution in [2.24, 2.45) is 5.92 Å². The minimum atomic E-state index is -0.281. The number of aliphatic hydroxyl groups is 1. The predicted octanol–water partition coefficient (Wildman–Crippen LogP) is 1.82. The van der Waals surface area contributed by atoms with Crippen LogP contribution in [0.1, 0.15) is 16.8 Å². The van der Waals surface area contributed by atoms with Crippen molar-refractivity contribution in [3.8, 4) is 0 Å². The van der Waals surface area contributed by atoms with Crippen LogP contribution in [0, 0.1) is 12.8 Å². The van der Waals surface area contributed by atoms with Crippen molar-refractivity contribution in [2.45, 2.75) is 26.0 Å². The van der Waals surface area contributed by atoms with Gasteiger partial charge < -0.3 is 5.11 Å². The summed E-state index contributed by atoms with van der Waals surface area (Å²) in [6.07, 6.45) is 5.69. The molecule has 4 nitrogen and oxygen atoms in total. The van der Waals surface area contributed by atoms with E-state index in [1.165, 1.54) is 11.1 Å². The van der Waals surface area contributed by atoms with E-state index in [0.717, 1.165) is 31.7 Å². The van der Waals surface area contributed by atoms with Gasteiger partial charge in [0, 0.05) is 44.1 Å². The van der Waals surface area contributed by atoms with E-state index in [1.54, 1.807) is 18.6 Å². The molecule has 0 radical (unpaired) electrons. The average molecular weight is 283 g/mol. The first kappa shape index (κ1) is 14.2. The Morgan fingerprint density at radius 1 is 1.29 bits per heavy atom. The number of β-amino-alcohol motifs (C(OH)–C–C–N with tert-alkyl or cyclic N) is 1. The first-order chi connectivity index (χ1) is 10.2. The van der Waals surface area contributed by atoms with Crippen LogP contribution in [0.2, 0.25) is 0 Å². The van der Waals surface area contributed by atoms with Gasteiger partial charge in [-0.2, -0.15) is 0 Å². The normalized spacial score (nSPS) is 22.6. The number of rotatable bonds is 4. The molecule has 2 heterocycles. The molecule has 0 spiro atoms. The van der Waals surface area contributed by atoms with E-state index >= 15 is 0 Å². The molecular formula is C17H21N3O. The second-order valence-corrected chi connectivity index (χ2v) is 5.91. The molecule has 4 heteroatoms. The molecule has 110 valence electrons. The zero-order valence-corrected chi connectivity index (χ0v) is 12.3. The Morgan fingerprint density at radius 2 is 2.19 bits per heavy atom. The molecule has 1 aliphatic rings. The second-order valence-electron chi connectivity index (χ2n) is 5.91. The van der Waals surface area contributed by atoms with Crippen LogP contribution in [0.5, 0.6) is 0 Å². The summed E-state index contributed by atoms with van der Waals surface area (Å²) in [6, 6.07) is 8.56. The Hall–Kier alpha value is -1.78. The van der Waals surface area contributed by atoms with Crippen molar-refractivity contribution in [1.82, 2.24) is 14.9 Å². The van der Waals surface area contributed by atoms with E-state index < -0.39 is 0 Å². The number of likely N-dealkylation sites (tertiary alicyclic amines) is 1. The molecule has 1 aromatic carbocycles. The van der Waals surface area contributed by atoms with Gasteiger partial charge in [0.05, 0.1) is 11.8 Å². The molecule has 21 heavy (non-hydrogen) atoms. The van der Waals surface area contributed by atoms with E-state index in [4.69, 9.17) is 0 Å². The fraction of sp³-hybridized carbons (Fsp3) is 0.412. The predicted molar refractivity (Wildman–Crippen MR) is 81.7 cm³/mol. The van der Waals surface area contributed by atoms with Gasteiger partial charge in [-0.05, 0) is 18.9 Å². The molecule has 1 saturated heterocycles. The number of aromatic nitrogens is 2. The van der Waals surface area contributed by atoms with E-state index in [0.29, 0.717) is 0 Å². The Kier molecular flexibility index (Phi) is 4.27. The SMILES string of the molecule is Cc1cccc(CN2C[C@@H](Cc3cnccn3)[C@H](O)C2)c1. The maximum Gasteiger partial charge on any atom is 0.0711 e. The van der Waals surface area contributed by atoms with Crippen LogP contribution in [0.15, 0.2) is 42.9 Å². The van der Waals surface area contributed by atoms with Gasteiger partial charge in [0.15, 0.2) is 0 Å². The quantitative estimate of drug-likeness (QED) is 0.930. The van der Waals surface area contributed by atoms with Gasteiger partial charge in [0.25, 0.3) is 0 Å². The topological polar surface area (TPSA) is 49.2 Å². The van der Waals surface area contributed by atoms with Crippen molar-refractivity contribution in [3.05, 3.63) is 59.7 Å². The molecule has 0 unspecified atom stereocenters. The summed E-state index contributed by atoms with van der Waals surface area (Å²) in [4.78, 5) is 10.7. The van der Waals surface area contributed by atoms with Crippen LogP contribution in [0.4, 0.5) is 0 Å². The Bertz CT molecular complexity index is 588. The van der Waals surface area contributed by atoms with E-state index in [9.17, 15) is 5.11 Å². The van der Waals surface area contributed by atoms with Crippen molar-refractivity contribution < 1.29 is 5.11 Å². The third-order valence-electron chi connectivity index (χ3n) is 4.06. The molecule has 2 atom stereocenters. The summed E-state index contributed by atoms with van der Waals surface area (Å²) in [5.41, 5.74) is 3.55. The van der Waals surface area contributed by atoms with Crippen LogP contribution < -0.4 is 0 Å². The van der Waals surface area contributed by atoms with Gasteiger partial charge >= 0.3 is 0 Å². The zero-order chi connectivity index (χ0) is 14.7. The Labute approximate surface area is 125 Å². The van der Waals surface area contributed by atoms with Crippen LogP contribution in [-0.2, 0) is 13.0 Å². The third-order valence-corrected chi connectivity index (χ3v) is 4.06. The number of aliphatic hydroxyl groups excluding tert-OH is 1. The van der Waals surface area contributed by atoms with Gasteiger partial charge in [-0.1, -0.05) is 29.8 Å². The van der Waals surface area contributed by atoms with Crippen LogP contribution >= 0.6 is 0 Å². The molecule has 0 aliphatic carbocycles. The first-order valence-corrected chi connectivity index (χ1v) is 7.41. The van der Waals surface area contributed by atoms with Crippen LogP contribution in [0.3, 0.4) is 0 Å². The Morgan fingerprint density at radius 3 is 2.95 bits per heavy atom. The molecule has 3 rings (SSSR count). The molecule has 0 amide bonds. The minimum Gasteiger partial charge on any atom is -0.391 e. The van der Waals surface area contributed by atoms with Crippen LogP contribution in [-0.4, -0.2) is 39.2 Å². The molecule has 1 aliphatic heterocycles. The zero-order valence-electron chi connectivity index (χ0n) is 12.3.